The van der Waals surface area contributed by atoms with Crippen LogP contribution in [0.15, 0.2) is 30.6 Å². The molecule has 0 atom stereocenters. The molecular formula is C26H32FN7O3. The smallest absolute Gasteiger partial charge is 0.410 e. The van der Waals surface area contributed by atoms with Crippen LogP contribution in [0.4, 0.5) is 9.18 Å². The molecule has 0 N–H and O–H groups in total. The highest BCUT2D eigenvalue weighted by Gasteiger charge is 2.21. The van der Waals surface area contributed by atoms with E-state index in [-0.39, 0.29) is 6.54 Å². The molecule has 0 bridgehead atoms. The lowest BCUT2D eigenvalue weighted by Crippen LogP contribution is -2.34. The highest BCUT2D eigenvalue weighted by molar-refractivity contribution is 5.68. The van der Waals surface area contributed by atoms with Gasteiger partial charge in [0.05, 0.1) is 25.0 Å². The van der Waals surface area contributed by atoms with Gasteiger partial charge < -0.3 is 14.4 Å². The summed E-state index contributed by atoms with van der Waals surface area (Å²) in [6, 6.07) is 4.95. The van der Waals surface area contributed by atoms with Gasteiger partial charge >= 0.3 is 6.09 Å². The second-order valence-corrected chi connectivity index (χ2v) is 9.97. The Morgan fingerprint density at radius 1 is 1.19 bits per heavy atom. The van der Waals surface area contributed by atoms with Crippen LogP contribution in [0.5, 0.6) is 5.75 Å². The van der Waals surface area contributed by atoms with Gasteiger partial charge in [0.25, 0.3) is 0 Å². The molecule has 4 rings (SSSR count). The van der Waals surface area contributed by atoms with Gasteiger partial charge in [0, 0.05) is 44.0 Å². The number of aryl methyl sites for hydroxylation is 2. The van der Waals surface area contributed by atoms with Gasteiger partial charge in [0.2, 0.25) is 0 Å². The van der Waals surface area contributed by atoms with Gasteiger partial charge in [-0.1, -0.05) is 0 Å². The van der Waals surface area contributed by atoms with Crippen LogP contribution in [0.3, 0.4) is 0 Å². The second kappa shape index (κ2) is 10.2. The van der Waals surface area contributed by atoms with Crippen molar-refractivity contribution in [2.24, 2.45) is 7.05 Å². The van der Waals surface area contributed by atoms with E-state index in [9.17, 15) is 9.18 Å². The minimum atomic E-state index is -0.607. The van der Waals surface area contributed by atoms with Crippen LogP contribution < -0.4 is 4.74 Å². The van der Waals surface area contributed by atoms with Crippen molar-refractivity contribution in [1.29, 1.82) is 0 Å². The van der Waals surface area contributed by atoms with Crippen molar-refractivity contribution >= 4 is 11.7 Å². The summed E-state index contributed by atoms with van der Waals surface area (Å²) < 4.78 is 29.2. The molecule has 0 radical (unpaired) electrons. The van der Waals surface area contributed by atoms with E-state index in [0.717, 1.165) is 23.1 Å². The van der Waals surface area contributed by atoms with E-state index in [1.807, 2.05) is 52.4 Å². The van der Waals surface area contributed by atoms with Gasteiger partial charge in [-0.25, -0.2) is 14.2 Å². The zero-order valence-corrected chi connectivity index (χ0v) is 22.2. The average Bonchev–Trinajstić information content (AvgIpc) is 3.32. The van der Waals surface area contributed by atoms with E-state index >= 15 is 0 Å². The Labute approximate surface area is 215 Å². The summed E-state index contributed by atoms with van der Waals surface area (Å²) in [7, 11) is 3.54. The number of aromatic nitrogens is 6. The van der Waals surface area contributed by atoms with Crippen LogP contribution in [0, 0.1) is 19.7 Å². The predicted octanol–water partition coefficient (Wildman–Crippen LogP) is 4.27. The summed E-state index contributed by atoms with van der Waals surface area (Å²) in [5.74, 6) is 0.383. The standard InChI is InChI=1S/C26H32FN7O3/c1-16-20(17(2)33(7)31-16)10-11-36-21-12-19(27)13-28-24(21)18-8-9-22-29-30-23(34(22)14-18)15-32(6)25(35)37-26(3,4)5/h8-9,12-14H,10-11,15H2,1-7H3. The molecule has 1 amide bonds. The SMILES string of the molecule is Cc1nn(C)c(C)c1CCOc1cc(F)cnc1-c1ccc2nnc(CN(C)C(=O)OC(C)(C)C)n2c1. The Kier molecular flexibility index (Phi) is 7.15. The summed E-state index contributed by atoms with van der Waals surface area (Å²) in [6.07, 6.45) is 3.13. The second-order valence-electron chi connectivity index (χ2n) is 9.97. The molecule has 4 heterocycles. The number of carbonyl (C=O) groups is 1. The highest BCUT2D eigenvalue weighted by Crippen LogP contribution is 2.29. The molecule has 4 aromatic heterocycles. The third-order valence-corrected chi connectivity index (χ3v) is 5.92. The Morgan fingerprint density at radius 3 is 2.62 bits per heavy atom. The number of halogens is 1. The lowest BCUT2D eigenvalue weighted by atomic mass is 10.1. The van der Waals surface area contributed by atoms with Gasteiger partial charge in [0.1, 0.15) is 22.9 Å². The van der Waals surface area contributed by atoms with E-state index in [1.54, 1.807) is 23.7 Å². The number of pyridine rings is 2. The van der Waals surface area contributed by atoms with Crippen molar-refractivity contribution in [2.75, 3.05) is 13.7 Å². The van der Waals surface area contributed by atoms with Crippen LogP contribution in [0.25, 0.3) is 16.9 Å². The lowest BCUT2D eigenvalue weighted by molar-refractivity contribution is 0.0280. The molecule has 0 aliphatic carbocycles. The Hall–Kier alpha value is -4.02. The molecule has 0 saturated heterocycles. The quantitative estimate of drug-likeness (QED) is 0.367. The first-order chi connectivity index (χ1) is 17.4. The maximum atomic E-state index is 14.1. The van der Waals surface area contributed by atoms with E-state index < -0.39 is 17.5 Å². The van der Waals surface area contributed by atoms with Crippen LogP contribution in [0.2, 0.25) is 0 Å². The molecule has 0 aliphatic rings. The van der Waals surface area contributed by atoms with E-state index in [4.69, 9.17) is 9.47 Å². The topological polar surface area (TPSA) is 99.7 Å². The summed E-state index contributed by atoms with van der Waals surface area (Å²) in [5, 5.41) is 12.9. The fraction of sp³-hybridized carbons (Fsp3) is 0.423. The van der Waals surface area contributed by atoms with Crippen molar-refractivity contribution in [3.05, 3.63) is 59.2 Å². The number of fused-ring (bicyclic) bond motifs is 1. The fourth-order valence-electron chi connectivity index (χ4n) is 3.99. The molecule has 4 aromatic rings. The van der Waals surface area contributed by atoms with Crippen molar-refractivity contribution in [3.63, 3.8) is 0 Å². The molecule has 0 spiro atoms. The third kappa shape index (κ3) is 5.87. The zero-order valence-electron chi connectivity index (χ0n) is 22.2. The number of nitrogens with zero attached hydrogens (tertiary/aromatic N) is 7. The van der Waals surface area contributed by atoms with Gasteiger partial charge in [-0.2, -0.15) is 5.10 Å². The van der Waals surface area contributed by atoms with Gasteiger partial charge in [-0.15, -0.1) is 10.2 Å². The number of carbonyl (C=O) groups excluding carboxylic acids is 1. The summed E-state index contributed by atoms with van der Waals surface area (Å²) >= 11 is 0. The first-order valence-electron chi connectivity index (χ1n) is 12.0. The van der Waals surface area contributed by atoms with E-state index in [0.29, 0.717) is 41.5 Å². The summed E-state index contributed by atoms with van der Waals surface area (Å²) in [5.41, 5.74) is 4.30. The van der Waals surface area contributed by atoms with Gasteiger partial charge in [0.15, 0.2) is 11.5 Å². The van der Waals surface area contributed by atoms with Crippen molar-refractivity contribution in [2.45, 2.75) is 53.2 Å². The zero-order chi connectivity index (χ0) is 26.9. The van der Waals surface area contributed by atoms with Crippen molar-refractivity contribution in [1.82, 2.24) is 34.3 Å². The van der Waals surface area contributed by atoms with Gasteiger partial charge in [-0.05, 0) is 52.3 Å². The monoisotopic (exact) mass is 509 g/mol. The lowest BCUT2D eigenvalue weighted by Gasteiger charge is -2.24. The van der Waals surface area contributed by atoms with Crippen LogP contribution >= 0.6 is 0 Å². The highest BCUT2D eigenvalue weighted by atomic mass is 19.1. The van der Waals surface area contributed by atoms with Crippen molar-refractivity contribution < 1.29 is 18.7 Å². The Bertz CT molecular complexity index is 1440. The number of hydrogen-bond acceptors (Lipinski definition) is 7. The Morgan fingerprint density at radius 2 is 1.95 bits per heavy atom. The maximum Gasteiger partial charge on any atom is 0.410 e. The Balaban J connectivity index is 1.57. The maximum absolute atomic E-state index is 14.1. The number of hydrogen-bond donors (Lipinski definition) is 0. The van der Waals surface area contributed by atoms with E-state index in [1.165, 1.54) is 11.0 Å². The first-order valence-corrected chi connectivity index (χ1v) is 12.0. The molecule has 11 heteroatoms. The van der Waals surface area contributed by atoms with Crippen LogP contribution in [-0.2, 0) is 24.8 Å². The summed E-state index contributed by atoms with van der Waals surface area (Å²) in [4.78, 5) is 18.2. The molecule has 0 aliphatic heterocycles. The van der Waals surface area contributed by atoms with Crippen LogP contribution in [0.1, 0.15) is 43.5 Å². The average molecular weight is 510 g/mol. The van der Waals surface area contributed by atoms with Crippen LogP contribution in [-0.4, -0.2) is 59.6 Å². The largest absolute Gasteiger partial charge is 0.491 e. The molecule has 0 saturated carbocycles. The predicted molar refractivity (Wildman–Crippen MR) is 136 cm³/mol. The fourth-order valence-corrected chi connectivity index (χ4v) is 3.99. The molecule has 196 valence electrons. The summed E-state index contributed by atoms with van der Waals surface area (Å²) in [6.45, 7) is 9.93. The third-order valence-electron chi connectivity index (χ3n) is 5.92. The van der Waals surface area contributed by atoms with Gasteiger partial charge in [-0.3, -0.25) is 9.08 Å². The van der Waals surface area contributed by atoms with E-state index in [2.05, 4.69) is 20.3 Å². The molecule has 10 nitrogen and oxygen atoms in total. The molecule has 0 unspecified atom stereocenters. The molecular weight excluding hydrogens is 477 g/mol. The molecule has 37 heavy (non-hydrogen) atoms. The minimum absolute atomic E-state index is 0.184. The minimum Gasteiger partial charge on any atom is -0.491 e. The van der Waals surface area contributed by atoms with Crippen molar-refractivity contribution in [3.8, 4) is 17.0 Å². The number of rotatable bonds is 7. The normalized spacial score (nSPS) is 11.7. The number of amides is 1. The number of ether oxygens (including phenoxy) is 2. The molecule has 0 aromatic carbocycles. The molecule has 0 fully saturated rings. The first kappa shape index (κ1) is 26.1.